The quantitative estimate of drug-likeness (QED) is 0.394. The molecule has 8 heteroatoms. The van der Waals surface area contributed by atoms with Gasteiger partial charge in [0.05, 0.1) is 17.9 Å². The summed E-state index contributed by atoms with van der Waals surface area (Å²) in [6.45, 7) is 0.586. The summed E-state index contributed by atoms with van der Waals surface area (Å²) in [6, 6.07) is 22.9. The predicted octanol–water partition coefficient (Wildman–Crippen LogP) is 4.29. The van der Waals surface area contributed by atoms with E-state index in [1.54, 1.807) is 12.3 Å². The van der Waals surface area contributed by atoms with Crippen LogP contribution >= 0.6 is 0 Å². The summed E-state index contributed by atoms with van der Waals surface area (Å²) in [4.78, 5) is 21.4. The fourth-order valence-corrected chi connectivity index (χ4v) is 3.37. The molecular formula is C25H20N6O2. The van der Waals surface area contributed by atoms with Crippen molar-refractivity contribution in [1.82, 2.24) is 25.4 Å². The molecule has 0 aliphatic rings. The maximum absolute atomic E-state index is 12.8. The Bertz CT molecular complexity index is 1380. The van der Waals surface area contributed by atoms with Gasteiger partial charge in [0.1, 0.15) is 11.3 Å². The van der Waals surface area contributed by atoms with Gasteiger partial charge < -0.3 is 10.1 Å². The molecule has 0 aliphatic carbocycles. The summed E-state index contributed by atoms with van der Waals surface area (Å²) in [5, 5.41) is 13.3. The monoisotopic (exact) mass is 436 g/mol. The van der Waals surface area contributed by atoms with Gasteiger partial charge in [0.2, 0.25) is 5.65 Å². The Morgan fingerprint density at radius 3 is 2.67 bits per heavy atom. The van der Waals surface area contributed by atoms with Crippen LogP contribution in [0.5, 0.6) is 5.75 Å². The third-order valence-corrected chi connectivity index (χ3v) is 5.10. The van der Waals surface area contributed by atoms with Gasteiger partial charge in [-0.3, -0.25) is 14.9 Å². The van der Waals surface area contributed by atoms with E-state index < -0.39 is 0 Å². The van der Waals surface area contributed by atoms with Crippen molar-refractivity contribution in [1.29, 1.82) is 0 Å². The molecule has 3 aromatic heterocycles. The summed E-state index contributed by atoms with van der Waals surface area (Å²) in [7, 11) is 0. The van der Waals surface area contributed by atoms with Crippen LogP contribution in [0.2, 0.25) is 0 Å². The van der Waals surface area contributed by atoms with Gasteiger partial charge in [-0.25, -0.2) is 4.98 Å². The first-order valence-electron chi connectivity index (χ1n) is 10.5. The first-order valence-corrected chi connectivity index (χ1v) is 10.5. The number of benzene rings is 2. The minimum atomic E-state index is -0.260. The number of carbonyl (C=O) groups excluding carboxylic acids is 1. The molecule has 162 valence electrons. The zero-order chi connectivity index (χ0) is 22.5. The second-order valence-electron chi connectivity index (χ2n) is 7.40. The van der Waals surface area contributed by atoms with Crippen molar-refractivity contribution in [2.45, 2.75) is 6.42 Å². The van der Waals surface area contributed by atoms with Crippen molar-refractivity contribution >= 4 is 22.8 Å². The summed E-state index contributed by atoms with van der Waals surface area (Å²) in [5.41, 5.74) is 4.96. The molecule has 33 heavy (non-hydrogen) atoms. The van der Waals surface area contributed by atoms with Crippen molar-refractivity contribution in [3.05, 3.63) is 96.3 Å². The van der Waals surface area contributed by atoms with E-state index in [9.17, 15) is 4.79 Å². The number of carbonyl (C=O) groups is 1. The molecule has 3 heterocycles. The molecule has 1 amide bonds. The standard InChI is InChI=1S/C25H20N6O2/c32-25(19-14-18(15-26-16-19)22-10-11-23-24(28-22)30-31-29-23)27-20-6-8-21(9-7-20)33-13-12-17-4-2-1-3-5-17/h1-11,14-16H,12-13H2,(H,27,32)(H,28,29,30,31). The van der Waals surface area contributed by atoms with Crippen LogP contribution in [0, 0.1) is 0 Å². The third-order valence-electron chi connectivity index (χ3n) is 5.10. The summed E-state index contributed by atoms with van der Waals surface area (Å²) in [5.74, 6) is 0.492. The molecule has 0 radical (unpaired) electrons. The van der Waals surface area contributed by atoms with Gasteiger partial charge >= 0.3 is 0 Å². The number of anilines is 1. The van der Waals surface area contributed by atoms with Gasteiger partial charge in [0.25, 0.3) is 5.91 Å². The van der Waals surface area contributed by atoms with E-state index in [-0.39, 0.29) is 5.91 Å². The lowest BCUT2D eigenvalue weighted by Gasteiger charge is -2.09. The maximum Gasteiger partial charge on any atom is 0.257 e. The van der Waals surface area contributed by atoms with Crippen LogP contribution in [-0.4, -0.2) is 37.9 Å². The fourth-order valence-electron chi connectivity index (χ4n) is 3.37. The van der Waals surface area contributed by atoms with Crippen LogP contribution in [0.25, 0.3) is 22.4 Å². The van der Waals surface area contributed by atoms with Crippen molar-refractivity contribution in [3.8, 4) is 17.0 Å². The molecule has 0 spiro atoms. The molecule has 0 atom stereocenters. The van der Waals surface area contributed by atoms with Crippen molar-refractivity contribution in [2.24, 2.45) is 0 Å². The van der Waals surface area contributed by atoms with Crippen LogP contribution in [0.1, 0.15) is 15.9 Å². The first kappa shape index (κ1) is 20.3. The Hall–Kier alpha value is -4.59. The average Bonchev–Trinajstić information content (AvgIpc) is 3.34. The second-order valence-corrected chi connectivity index (χ2v) is 7.40. The first-order chi connectivity index (χ1) is 16.2. The van der Waals surface area contributed by atoms with E-state index in [0.29, 0.717) is 29.2 Å². The van der Waals surface area contributed by atoms with E-state index in [2.05, 4.69) is 42.8 Å². The number of fused-ring (bicyclic) bond motifs is 1. The lowest BCUT2D eigenvalue weighted by Crippen LogP contribution is -2.12. The van der Waals surface area contributed by atoms with Gasteiger partial charge in [-0.2, -0.15) is 0 Å². The lowest BCUT2D eigenvalue weighted by atomic mass is 10.1. The van der Waals surface area contributed by atoms with Gasteiger partial charge in [0.15, 0.2) is 0 Å². The molecule has 5 rings (SSSR count). The largest absolute Gasteiger partial charge is 0.493 e. The van der Waals surface area contributed by atoms with Gasteiger partial charge in [-0.05, 0) is 48.0 Å². The molecule has 0 saturated heterocycles. The molecule has 0 unspecified atom stereocenters. The second kappa shape index (κ2) is 9.27. The van der Waals surface area contributed by atoms with Crippen molar-refractivity contribution in [2.75, 3.05) is 11.9 Å². The Morgan fingerprint density at radius 1 is 0.970 bits per heavy atom. The van der Waals surface area contributed by atoms with E-state index >= 15 is 0 Å². The fraction of sp³-hybridized carbons (Fsp3) is 0.0800. The van der Waals surface area contributed by atoms with Gasteiger partial charge in [-0.15, -0.1) is 5.10 Å². The van der Waals surface area contributed by atoms with Gasteiger partial charge in [0, 0.05) is 30.1 Å². The highest BCUT2D eigenvalue weighted by Crippen LogP contribution is 2.21. The number of nitrogens with one attached hydrogen (secondary N) is 2. The number of pyridine rings is 2. The van der Waals surface area contributed by atoms with Crippen LogP contribution in [0.4, 0.5) is 5.69 Å². The Morgan fingerprint density at radius 2 is 1.82 bits per heavy atom. The molecule has 0 fully saturated rings. The zero-order valence-corrected chi connectivity index (χ0v) is 17.6. The minimum Gasteiger partial charge on any atom is -0.493 e. The average molecular weight is 436 g/mol. The number of rotatable bonds is 7. The zero-order valence-electron chi connectivity index (χ0n) is 17.6. The normalized spacial score (nSPS) is 10.8. The SMILES string of the molecule is O=C(Nc1ccc(OCCc2ccccc2)cc1)c1cncc(-c2ccc3[nH]nnc3n2)c1. The van der Waals surface area contributed by atoms with E-state index in [1.807, 2.05) is 54.6 Å². The molecule has 0 saturated carbocycles. The smallest absolute Gasteiger partial charge is 0.257 e. The van der Waals surface area contributed by atoms with Crippen molar-refractivity contribution in [3.63, 3.8) is 0 Å². The number of aromatic amines is 1. The number of amides is 1. The number of hydrogen-bond donors (Lipinski definition) is 2. The van der Waals surface area contributed by atoms with Crippen molar-refractivity contribution < 1.29 is 9.53 Å². The molecule has 0 aliphatic heterocycles. The third kappa shape index (κ3) is 4.85. The number of H-pyrrole nitrogens is 1. The molecule has 2 N–H and O–H groups in total. The molecule has 5 aromatic rings. The van der Waals surface area contributed by atoms with Crippen LogP contribution in [0.15, 0.2) is 85.2 Å². The lowest BCUT2D eigenvalue weighted by molar-refractivity contribution is 0.102. The highest BCUT2D eigenvalue weighted by Gasteiger charge is 2.10. The molecule has 2 aromatic carbocycles. The van der Waals surface area contributed by atoms with Crippen LogP contribution < -0.4 is 10.1 Å². The predicted molar refractivity (Wildman–Crippen MR) is 125 cm³/mol. The van der Waals surface area contributed by atoms with Crippen LogP contribution in [-0.2, 0) is 6.42 Å². The maximum atomic E-state index is 12.8. The summed E-state index contributed by atoms with van der Waals surface area (Å²) >= 11 is 0. The Labute approximate surface area is 189 Å². The number of nitrogens with zero attached hydrogens (tertiary/aromatic N) is 4. The topological polar surface area (TPSA) is 106 Å². The van der Waals surface area contributed by atoms with Crippen LogP contribution in [0.3, 0.4) is 0 Å². The van der Waals surface area contributed by atoms with Gasteiger partial charge in [-0.1, -0.05) is 35.5 Å². The highest BCUT2D eigenvalue weighted by atomic mass is 16.5. The Balaban J connectivity index is 1.21. The number of ether oxygens (including phenoxy) is 1. The molecular weight excluding hydrogens is 416 g/mol. The summed E-state index contributed by atoms with van der Waals surface area (Å²) < 4.78 is 5.80. The Kier molecular flexibility index (Phi) is 5.71. The summed E-state index contributed by atoms with van der Waals surface area (Å²) in [6.07, 6.45) is 4.02. The minimum absolute atomic E-state index is 0.260. The van der Waals surface area contributed by atoms with E-state index in [0.717, 1.165) is 23.3 Å². The van der Waals surface area contributed by atoms with E-state index in [4.69, 9.17) is 4.74 Å². The number of hydrogen-bond acceptors (Lipinski definition) is 6. The molecule has 8 nitrogen and oxygen atoms in total. The molecule has 0 bridgehead atoms. The number of aromatic nitrogens is 5. The van der Waals surface area contributed by atoms with E-state index in [1.165, 1.54) is 11.8 Å². The highest BCUT2D eigenvalue weighted by molar-refractivity contribution is 6.04.